The third kappa shape index (κ3) is 2.06. The molecule has 0 amide bonds. The summed E-state index contributed by atoms with van der Waals surface area (Å²) in [5.41, 5.74) is 7.79. The van der Waals surface area contributed by atoms with Gasteiger partial charge >= 0.3 is 0 Å². The summed E-state index contributed by atoms with van der Waals surface area (Å²) >= 11 is 0. The highest BCUT2D eigenvalue weighted by molar-refractivity contribution is 5.78. The smallest absolute Gasteiger partial charge is 0.160 e. The molecule has 1 heterocycles. The fraction of sp³-hybridized carbons (Fsp3) is 0.133. The van der Waals surface area contributed by atoms with Crippen molar-refractivity contribution in [3.05, 3.63) is 59.9 Å². The maximum atomic E-state index is 13.5. The summed E-state index contributed by atoms with van der Waals surface area (Å²) in [5.74, 6) is -1.00. The number of para-hydroxylation sites is 2. The Morgan fingerprint density at radius 2 is 1.85 bits per heavy atom. The molecule has 1 aromatic heterocycles. The Hall–Kier alpha value is -2.27. The van der Waals surface area contributed by atoms with Gasteiger partial charge < -0.3 is 5.73 Å². The first-order chi connectivity index (χ1) is 9.70. The number of imidazole rings is 1. The van der Waals surface area contributed by atoms with E-state index in [1.165, 1.54) is 12.1 Å². The van der Waals surface area contributed by atoms with Crippen LogP contribution < -0.4 is 5.73 Å². The number of halogens is 2. The lowest BCUT2D eigenvalue weighted by atomic mass is 10.2. The third-order valence-electron chi connectivity index (χ3n) is 3.16. The molecule has 0 saturated carbocycles. The van der Waals surface area contributed by atoms with Crippen LogP contribution in [0.4, 0.5) is 8.78 Å². The zero-order valence-electron chi connectivity index (χ0n) is 10.7. The second kappa shape index (κ2) is 5.02. The van der Waals surface area contributed by atoms with Crippen molar-refractivity contribution in [3.63, 3.8) is 0 Å². The maximum absolute atomic E-state index is 13.5. The van der Waals surface area contributed by atoms with Gasteiger partial charge in [-0.05, 0) is 30.8 Å². The number of hydrogen-bond donors (Lipinski definition) is 1. The van der Waals surface area contributed by atoms with Gasteiger partial charge in [-0.2, -0.15) is 0 Å². The molecule has 0 fully saturated rings. The molecule has 0 bridgehead atoms. The minimum Gasteiger partial charge on any atom is -0.330 e. The average Bonchev–Trinajstić information content (AvgIpc) is 2.80. The summed E-state index contributed by atoms with van der Waals surface area (Å²) in [5, 5.41) is 0. The first-order valence-corrected chi connectivity index (χ1v) is 6.32. The van der Waals surface area contributed by atoms with E-state index in [1.807, 2.05) is 28.8 Å². The van der Waals surface area contributed by atoms with E-state index in [2.05, 4.69) is 4.98 Å². The maximum Gasteiger partial charge on any atom is 0.160 e. The lowest BCUT2D eigenvalue weighted by Gasteiger charge is -2.09. The molecule has 3 aromatic rings. The van der Waals surface area contributed by atoms with E-state index in [9.17, 15) is 8.78 Å². The highest BCUT2D eigenvalue weighted by atomic mass is 19.2. The SMILES string of the molecule is NCCc1nc2ccccc2n1-c1ccc(F)c(F)c1. The minimum absolute atomic E-state index is 0.437. The van der Waals surface area contributed by atoms with Crippen LogP contribution in [-0.4, -0.2) is 16.1 Å². The molecule has 0 radical (unpaired) electrons. The molecule has 0 aliphatic heterocycles. The van der Waals surface area contributed by atoms with E-state index >= 15 is 0 Å². The Balaban J connectivity index is 2.26. The second-order valence-corrected chi connectivity index (χ2v) is 4.49. The molecular formula is C15H13F2N3. The molecule has 102 valence electrons. The lowest BCUT2D eigenvalue weighted by molar-refractivity contribution is 0.508. The molecule has 20 heavy (non-hydrogen) atoms. The molecule has 5 heteroatoms. The summed E-state index contributed by atoms with van der Waals surface area (Å²) in [6.07, 6.45) is 0.563. The van der Waals surface area contributed by atoms with Crippen LogP contribution >= 0.6 is 0 Å². The van der Waals surface area contributed by atoms with Crippen molar-refractivity contribution in [2.24, 2.45) is 5.73 Å². The van der Waals surface area contributed by atoms with Gasteiger partial charge in [-0.25, -0.2) is 13.8 Å². The third-order valence-corrected chi connectivity index (χ3v) is 3.16. The van der Waals surface area contributed by atoms with Crippen molar-refractivity contribution in [2.45, 2.75) is 6.42 Å². The fourth-order valence-electron chi connectivity index (χ4n) is 2.28. The number of benzene rings is 2. The van der Waals surface area contributed by atoms with Gasteiger partial charge in [-0.1, -0.05) is 12.1 Å². The zero-order valence-corrected chi connectivity index (χ0v) is 10.7. The van der Waals surface area contributed by atoms with Gasteiger partial charge in [0.1, 0.15) is 5.82 Å². The summed E-state index contributed by atoms with van der Waals surface area (Å²) in [6.45, 7) is 0.437. The van der Waals surface area contributed by atoms with Gasteiger partial charge in [0.25, 0.3) is 0 Å². The molecule has 0 aliphatic carbocycles. The number of rotatable bonds is 3. The van der Waals surface area contributed by atoms with Crippen LogP contribution in [0.25, 0.3) is 16.7 Å². The summed E-state index contributed by atoms with van der Waals surface area (Å²) in [6, 6.07) is 11.4. The number of aromatic nitrogens is 2. The van der Waals surface area contributed by atoms with Crippen molar-refractivity contribution in [1.82, 2.24) is 9.55 Å². The van der Waals surface area contributed by atoms with Gasteiger partial charge in [-0.15, -0.1) is 0 Å². The number of fused-ring (bicyclic) bond motifs is 1. The molecule has 0 aliphatic rings. The molecule has 2 aromatic carbocycles. The van der Waals surface area contributed by atoms with E-state index in [-0.39, 0.29) is 0 Å². The van der Waals surface area contributed by atoms with E-state index < -0.39 is 11.6 Å². The molecule has 3 nitrogen and oxygen atoms in total. The number of nitrogens with two attached hydrogens (primary N) is 1. The highest BCUT2D eigenvalue weighted by Gasteiger charge is 2.13. The molecule has 0 saturated heterocycles. The molecule has 3 rings (SSSR count). The number of nitrogens with zero attached hydrogens (tertiary/aromatic N) is 2. The van der Waals surface area contributed by atoms with Gasteiger partial charge in [0.05, 0.1) is 16.7 Å². The fourth-order valence-corrected chi connectivity index (χ4v) is 2.28. The van der Waals surface area contributed by atoms with Crippen LogP contribution in [0.3, 0.4) is 0 Å². The van der Waals surface area contributed by atoms with Gasteiger partial charge in [0, 0.05) is 12.5 Å². The molecule has 0 spiro atoms. The van der Waals surface area contributed by atoms with Crippen LogP contribution in [0.15, 0.2) is 42.5 Å². The molecule has 0 unspecified atom stereocenters. The van der Waals surface area contributed by atoms with Crippen molar-refractivity contribution in [2.75, 3.05) is 6.54 Å². The van der Waals surface area contributed by atoms with E-state index in [0.717, 1.165) is 22.9 Å². The normalized spacial score (nSPS) is 11.2. The zero-order chi connectivity index (χ0) is 14.1. The number of hydrogen-bond acceptors (Lipinski definition) is 2. The van der Waals surface area contributed by atoms with Crippen LogP contribution in [0, 0.1) is 11.6 Å². The Morgan fingerprint density at radius 1 is 1.05 bits per heavy atom. The highest BCUT2D eigenvalue weighted by Crippen LogP contribution is 2.23. The summed E-state index contributed by atoms with van der Waals surface area (Å²) < 4.78 is 28.3. The predicted molar refractivity (Wildman–Crippen MR) is 73.7 cm³/mol. The van der Waals surface area contributed by atoms with Crippen LogP contribution in [0.5, 0.6) is 0 Å². The van der Waals surface area contributed by atoms with E-state index in [1.54, 1.807) is 0 Å². The first kappa shape index (κ1) is 12.7. The molecule has 2 N–H and O–H groups in total. The molecule has 0 atom stereocenters. The van der Waals surface area contributed by atoms with Crippen molar-refractivity contribution in [3.8, 4) is 5.69 Å². The van der Waals surface area contributed by atoms with E-state index in [0.29, 0.717) is 18.7 Å². The topological polar surface area (TPSA) is 43.8 Å². The summed E-state index contributed by atoms with van der Waals surface area (Å²) in [7, 11) is 0. The van der Waals surface area contributed by atoms with Gasteiger partial charge in [0.2, 0.25) is 0 Å². The van der Waals surface area contributed by atoms with Crippen molar-refractivity contribution < 1.29 is 8.78 Å². The predicted octanol–water partition coefficient (Wildman–Crippen LogP) is 2.80. The van der Waals surface area contributed by atoms with Crippen molar-refractivity contribution >= 4 is 11.0 Å². The van der Waals surface area contributed by atoms with Gasteiger partial charge in [0.15, 0.2) is 11.6 Å². The Kier molecular flexibility index (Phi) is 3.20. The standard InChI is InChI=1S/C15H13F2N3/c16-11-6-5-10(9-12(11)17)20-14-4-2-1-3-13(14)19-15(20)7-8-18/h1-6,9H,7-8,18H2. The van der Waals surface area contributed by atoms with Crippen LogP contribution in [-0.2, 0) is 6.42 Å². The first-order valence-electron chi connectivity index (χ1n) is 6.32. The second-order valence-electron chi connectivity index (χ2n) is 4.49. The quantitative estimate of drug-likeness (QED) is 0.797. The minimum atomic E-state index is -0.876. The largest absolute Gasteiger partial charge is 0.330 e. The van der Waals surface area contributed by atoms with Crippen molar-refractivity contribution in [1.29, 1.82) is 0 Å². The lowest BCUT2D eigenvalue weighted by Crippen LogP contribution is -2.09. The van der Waals surface area contributed by atoms with Crippen LogP contribution in [0.2, 0.25) is 0 Å². The van der Waals surface area contributed by atoms with E-state index in [4.69, 9.17) is 5.73 Å². The van der Waals surface area contributed by atoms with Crippen LogP contribution in [0.1, 0.15) is 5.82 Å². The average molecular weight is 273 g/mol. The Bertz CT molecular complexity index is 765. The molecular weight excluding hydrogens is 260 g/mol. The Labute approximate surface area is 114 Å². The van der Waals surface area contributed by atoms with Gasteiger partial charge in [-0.3, -0.25) is 4.57 Å². The Morgan fingerprint density at radius 3 is 2.60 bits per heavy atom. The monoisotopic (exact) mass is 273 g/mol. The summed E-state index contributed by atoms with van der Waals surface area (Å²) in [4.78, 5) is 4.50.